The highest BCUT2D eigenvalue weighted by atomic mass is 16.5. The molecule has 6 heteroatoms. The lowest BCUT2D eigenvalue weighted by Gasteiger charge is -2.47. The van der Waals surface area contributed by atoms with Gasteiger partial charge in [0.25, 0.3) is 5.91 Å². The van der Waals surface area contributed by atoms with Gasteiger partial charge in [-0.05, 0) is 56.6 Å². The van der Waals surface area contributed by atoms with Crippen molar-refractivity contribution in [2.75, 3.05) is 32.8 Å². The van der Waals surface area contributed by atoms with Crippen LogP contribution in [0.3, 0.4) is 0 Å². The van der Waals surface area contributed by atoms with Crippen molar-refractivity contribution in [1.82, 2.24) is 9.80 Å². The van der Waals surface area contributed by atoms with E-state index >= 15 is 0 Å². The maximum Gasteiger partial charge on any atom is 0.257 e. The Labute approximate surface area is 166 Å². The number of hydrogen-bond donors (Lipinski definition) is 1. The van der Waals surface area contributed by atoms with Crippen LogP contribution in [0.4, 0.5) is 0 Å². The molecule has 152 valence electrons. The van der Waals surface area contributed by atoms with Crippen LogP contribution in [0.1, 0.15) is 54.4 Å². The van der Waals surface area contributed by atoms with Crippen LogP contribution in [-0.2, 0) is 9.53 Å². The number of amides is 2. The second-order valence-corrected chi connectivity index (χ2v) is 8.72. The number of piperidine rings is 2. The van der Waals surface area contributed by atoms with Crippen LogP contribution >= 0.6 is 0 Å². The maximum absolute atomic E-state index is 12.9. The third kappa shape index (κ3) is 3.88. The van der Waals surface area contributed by atoms with Gasteiger partial charge in [-0.15, -0.1) is 0 Å². The second kappa shape index (κ2) is 7.74. The molecule has 1 atom stereocenters. The summed E-state index contributed by atoms with van der Waals surface area (Å²) in [4.78, 5) is 29.1. The Morgan fingerprint density at radius 1 is 1.29 bits per heavy atom. The molecule has 3 heterocycles. The van der Waals surface area contributed by atoms with Gasteiger partial charge in [0.1, 0.15) is 5.75 Å². The van der Waals surface area contributed by atoms with Crippen LogP contribution in [0.5, 0.6) is 5.75 Å². The van der Waals surface area contributed by atoms with Gasteiger partial charge in [0.05, 0.1) is 11.7 Å². The Hall–Kier alpha value is -2.08. The van der Waals surface area contributed by atoms with Gasteiger partial charge in [-0.1, -0.05) is 11.6 Å². The standard InChI is InChI=1S/C22H30N2O4/c1-16-4-5-19(25)18(13-16)21(27)23-10-8-22(9-11-23)7-6-20(26)24(15-22)14-17-3-2-12-28-17/h4-5,13,17,25H,2-3,6-12,14-15H2,1H3. The predicted molar refractivity (Wildman–Crippen MR) is 105 cm³/mol. The topological polar surface area (TPSA) is 70.1 Å². The predicted octanol–water partition coefficient (Wildman–Crippen LogP) is 2.72. The van der Waals surface area contributed by atoms with Crippen LogP contribution in [0.25, 0.3) is 0 Å². The normalized spacial score (nSPS) is 24.8. The van der Waals surface area contributed by atoms with Crippen molar-refractivity contribution in [3.8, 4) is 5.75 Å². The molecule has 0 radical (unpaired) electrons. The van der Waals surface area contributed by atoms with Gasteiger partial charge in [-0.25, -0.2) is 0 Å². The number of hydrogen-bond acceptors (Lipinski definition) is 4. The Morgan fingerprint density at radius 2 is 2.07 bits per heavy atom. The second-order valence-electron chi connectivity index (χ2n) is 8.72. The molecule has 1 aromatic rings. The average Bonchev–Trinajstić information content (AvgIpc) is 3.20. The molecular weight excluding hydrogens is 356 g/mol. The fourth-order valence-electron chi connectivity index (χ4n) is 4.89. The van der Waals surface area contributed by atoms with E-state index in [1.54, 1.807) is 18.2 Å². The van der Waals surface area contributed by atoms with Gasteiger partial charge in [0.15, 0.2) is 0 Å². The Kier molecular flexibility index (Phi) is 5.32. The third-order valence-electron chi connectivity index (χ3n) is 6.69. The highest BCUT2D eigenvalue weighted by Crippen LogP contribution is 2.41. The van der Waals surface area contributed by atoms with E-state index in [4.69, 9.17) is 4.74 Å². The van der Waals surface area contributed by atoms with Crippen LogP contribution in [0, 0.1) is 12.3 Å². The molecule has 0 aromatic heterocycles. The number of carbonyl (C=O) groups excluding carboxylic acids is 2. The number of carbonyl (C=O) groups is 2. The molecule has 1 aromatic carbocycles. The lowest BCUT2D eigenvalue weighted by atomic mass is 9.72. The van der Waals surface area contributed by atoms with Crippen molar-refractivity contribution in [2.24, 2.45) is 5.41 Å². The minimum absolute atomic E-state index is 0.0434. The first kappa shape index (κ1) is 19.2. The van der Waals surface area contributed by atoms with E-state index in [9.17, 15) is 14.7 Å². The highest BCUT2D eigenvalue weighted by Gasteiger charge is 2.42. The summed E-state index contributed by atoms with van der Waals surface area (Å²) >= 11 is 0. The van der Waals surface area contributed by atoms with Gasteiger partial charge >= 0.3 is 0 Å². The highest BCUT2D eigenvalue weighted by molar-refractivity contribution is 5.97. The number of aromatic hydroxyl groups is 1. The molecule has 3 aliphatic heterocycles. The number of rotatable bonds is 3. The monoisotopic (exact) mass is 386 g/mol. The lowest BCUT2D eigenvalue weighted by molar-refractivity contribution is -0.141. The largest absolute Gasteiger partial charge is 0.507 e. The van der Waals surface area contributed by atoms with E-state index in [1.165, 1.54) is 0 Å². The summed E-state index contributed by atoms with van der Waals surface area (Å²) in [5, 5.41) is 10.1. The lowest BCUT2D eigenvalue weighted by Crippen LogP contribution is -2.53. The van der Waals surface area contributed by atoms with Gasteiger partial charge < -0.3 is 19.6 Å². The van der Waals surface area contributed by atoms with E-state index in [-0.39, 0.29) is 29.1 Å². The summed E-state index contributed by atoms with van der Waals surface area (Å²) in [7, 11) is 0. The van der Waals surface area contributed by atoms with Gasteiger partial charge in [-0.2, -0.15) is 0 Å². The van der Waals surface area contributed by atoms with E-state index in [1.807, 2.05) is 16.7 Å². The number of phenols is 1. The third-order valence-corrected chi connectivity index (χ3v) is 6.69. The van der Waals surface area contributed by atoms with E-state index in [2.05, 4.69) is 0 Å². The molecule has 0 aliphatic carbocycles. The van der Waals surface area contributed by atoms with E-state index < -0.39 is 0 Å². The number of ether oxygens (including phenoxy) is 1. The van der Waals surface area contributed by atoms with Gasteiger partial charge in [0.2, 0.25) is 5.91 Å². The molecule has 0 bridgehead atoms. The van der Waals surface area contributed by atoms with Gasteiger partial charge in [-0.3, -0.25) is 9.59 Å². The first-order valence-electron chi connectivity index (χ1n) is 10.4. The summed E-state index contributed by atoms with van der Waals surface area (Å²) in [6, 6.07) is 5.15. The van der Waals surface area contributed by atoms with Crippen molar-refractivity contribution >= 4 is 11.8 Å². The van der Waals surface area contributed by atoms with Crippen molar-refractivity contribution in [2.45, 2.75) is 51.6 Å². The summed E-state index contributed by atoms with van der Waals surface area (Å²) in [5.41, 5.74) is 1.46. The Bertz CT molecular complexity index is 749. The van der Waals surface area contributed by atoms with Gasteiger partial charge in [0, 0.05) is 39.2 Å². The minimum atomic E-state index is -0.0980. The molecule has 6 nitrogen and oxygen atoms in total. The van der Waals surface area contributed by atoms with Crippen molar-refractivity contribution in [1.29, 1.82) is 0 Å². The molecular formula is C22H30N2O4. The number of likely N-dealkylation sites (tertiary alicyclic amines) is 2. The molecule has 3 saturated heterocycles. The molecule has 3 fully saturated rings. The SMILES string of the molecule is Cc1ccc(O)c(C(=O)N2CCC3(CCC(=O)N(CC4CCCO4)C3)CC2)c1. The van der Waals surface area contributed by atoms with Crippen molar-refractivity contribution < 1.29 is 19.4 Å². The average molecular weight is 386 g/mol. The summed E-state index contributed by atoms with van der Waals surface area (Å²) in [6.07, 6.45) is 5.62. The minimum Gasteiger partial charge on any atom is -0.507 e. The number of benzene rings is 1. The number of phenolic OH excluding ortho intramolecular Hbond substituents is 1. The molecule has 28 heavy (non-hydrogen) atoms. The zero-order chi connectivity index (χ0) is 19.7. The quantitative estimate of drug-likeness (QED) is 0.867. The number of nitrogens with zero attached hydrogens (tertiary/aromatic N) is 2. The Morgan fingerprint density at radius 3 is 2.79 bits per heavy atom. The molecule has 3 aliphatic rings. The van der Waals surface area contributed by atoms with Crippen LogP contribution in [-0.4, -0.2) is 65.6 Å². The maximum atomic E-state index is 12.9. The smallest absolute Gasteiger partial charge is 0.257 e. The molecule has 1 spiro atoms. The van der Waals surface area contributed by atoms with Crippen LogP contribution < -0.4 is 0 Å². The molecule has 4 rings (SSSR count). The summed E-state index contributed by atoms with van der Waals surface area (Å²) < 4.78 is 5.73. The molecule has 2 amide bonds. The fourth-order valence-corrected chi connectivity index (χ4v) is 4.89. The van der Waals surface area contributed by atoms with Crippen LogP contribution in [0.2, 0.25) is 0 Å². The number of aryl methyl sites for hydroxylation is 1. The van der Waals surface area contributed by atoms with Crippen molar-refractivity contribution in [3.63, 3.8) is 0 Å². The first-order chi connectivity index (χ1) is 13.5. The molecule has 1 N–H and O–H groups in total. The summed E-state index contributed by atoms with van der Waals surface area (Å²) in [6.45, 7) is 5.57. The van der Waals surface area contributed by atoms with E-state index in [0.717, 1.165) is 50.8 Å². The Balaban J connectivity index is 1.39. The molecule has 0 saturated carbocycles. The zero-order valence-electron chi connectivity index (χ0n) is 16.7. The molecule has 1 unspecified atom stereocenters. The van der Waals surface area contributed by atoms with E-state index in [0.29, 0.717) is 31.6 Å². The zero-order valence-corrected chi connectivity index (χ0v) is 16.7. The van der Waals surface area contributed by atoms with Crippen LogP contribution in [0.15, 0.2) is 18.2 Å². The summed E-state index contributed by atoms with van der Waals surface area (Å²) in [5.74, 6) is 0.186. The first-order valence-corrected chi connectivity index (χ1v) is 10.4. The fraction of sp³-hybridized carbons (Fsp3) is 0.636. The van der Waals surface area contributed by atoms with Crippen molar-refractivity contribution in [3.05, 3.63) is 29.3 Å².